The Hall–Kier alpha value is -0.930. The molecule has 1 N–H and O–H groups in total. The van der Waals surface area contributed by atoms with Crippen molar-refractivity contribution in [1.29, 1.82) is 0 Å². The molecule has 1 rings (SSSR count). The highest BCUT2D eigenvalue weighted by atomic mass is 35.5. The van der Waals surface area contributed by atoms with Crippen LogP contribution < -0.4 is 5.43 Å². The Morgan fingerprint density at radius 2 is 2.29 bits per heavy atom. The van der Waals surface area contributed by atoms with E-state index in [9.17, 15) is 0 Å². The molecule has 14 heavy (non-hydrogen) atoms. The first kappa shape index (κ1) is 11.1. The maximum Gasteiger partial charge on any atom is 0.0958 e. The monoisotopic (exact) mass is 226 g/mol. The average molecular weight is 227 g/mol. The zero-order chi connectivity index (χ0) is 10.4. The Morgan fingerprint density at radius 3 is 2.93 bits per heavy atom. The van der Waals surface area contributed by atoms with Gasteiger partial charge in [-0.05, 0) is 12.5 Å². The summed E-state index contributed by atoms with van der Waals surface area (Å²) in [6.07, 6.45) is 2.44. The summed E-state index contributed by atoms with van der Waals surface area (Å²) in [6.45, 7) is 1.97. The van der Waals surface area contributed by atoms with Crippen LogP contribution in [0.1, 0.15) is 18.9 Å². The Morgan fingerprint density at radius 1 is 1.57 bits per heavy atom. The maximum atomic E-state index is 5.92. The van der Waals surface area contributed by atoms with Gasteiger partial charge in [0, 0.05) is 10.6 Å². The van der Waals surface area contributed by atoms with E-state index < -0.39 is 0 Å². The van der Waals surface area contributed by atoms with E-state index in [2.05, 4.69) is 10.5 Å². The third kappa shape index (κ3) is 3.44. The summed E-state index contributed by atoms with van der Waals surface area (Å²) in [5.74, 6) is 0. The molecule has 2 nitrogen and oxygen atoms in total. The van der Waals surface area contributed by atoms with Crippen molar-refractivity contribution in [1.82, 2.24) is 5.43 Å². The summed E-state index contributed by atoms with van der Waals surface area (Å²) >= 11 is 10.9. The van der Waals surface area contributed by atoms with Crippen LogP contribution in [0.3, 0.4) is 0 Å². The minimum atomic E-state index is 0.681. The van der Waals surface area contributed by atoms with Crippen molar-refractivity contribution in [2.45, 2.75) is 13.3 Å². The molecular weight excluding hydrogens is 216 g/mol. The molecule has 0 aliphatic rings. The number of nitrogens with one attached hydrogen (secondary N) is 1. The lowest BCUT2D eigenvalue weighted by Crippen LogP contribution is -2.13. The van der Waals surface area contributed by atoms with Gasteiger partial charge in [0.15, 0.2) is 0 Å². The molecule has 0 saturated heterocycles. The fraction of sp³-hybridized carbons (Fsp3) is 0.200. The minimum absolute atomic E-state index is 0.681. The van der Waals surface area contributed by atoms with Gasteiger partial charge in [0.05, 0.1) is 11.2 Å². The van der Waals surface area contributed by atoms with Gasteiger partial charge in [0.1, 0.15) is 0 Å². The van der Waals surface area contributed by atoms with Crippen LogP contribution in [0, 0.1) is 0 Å². The van der Waals surface area contributed by atoms with Crippen LogP contribution in [0.15, 0.2) is 29.4 Å². The van der Waals surface area contributed by atoms with Crippen LogP contribution in [0.25, 0.3) is 0 Å². The highest BCUT2D eigenvalue weighted by molar-refractivity contribution is 7.80. The number of benzene rings is 1. The van der Waals surface area contributed by atoms with Gasteiger partial charge in [-0.2, -0.15) is 5.10 Å². The predicted octanol–water partition coefficient (Wildman–Crippen LogP) is 3.00. The molecule has 0 aliphatic heterocycles. The smallest absolute Gasteiger partial charge is 0.0958 e. The molecule has 0 unspecified atom stereocenters. The number of hydrogen-bond donors (Lipinski definition) is 1. The van der Waals surface area contributed by atoms with E-state index in [0.29, 0.717) is 10.0 Å². The predicted molar refractivity (Wildman–Crippen MR) is 65.1 cm³/mol. The first-order chi connectivity index (χ1) is 6.74. The molecule has 4 heteroatoms. The molecule has 0 aliphatic carbocycles. The molecule has 0 spiro atoms. The van der Waals surface area contributed by atoms with Crippen molar-refractivity contribution < 1.29 is 0 Å². The Kier molecular flexibility index (Phi) is 4.56. The van der Waals surface area contributed by atoms with E-state index in [-0.39, 0.29) is 0 Å². The number of rotatable bonds is 3. The normalized spacial score (nSPS) is 10.4. The molecular formula is C10H11ClN2S. The third-order valence-corrected chi connectivity index (χ3v) is 2.34. The van der Waals surface area contributed by atoms with Gasteiger partial charge in [-0.1, -0.05) is 48.9 Å². The van der Waals surface area contributed by atoms with E-state index in [4.69, 9.17) is 23.8 Å². The van der Waals surface area contributed by atoms with Gasteiger partial charge >= 0.3 is 0 Å². The van der Waals surface area contributed by atoms with Crippen molar-refractivity contribution in [2.75, 3.05) is 0 Å². The molecule has 0 radical (unpaired) electrons. The average Bonchev–Trinajstić information content (AvgIpc) is 2.20. The quantitative estimate of drug-likeness (QED) is 0.487. The second kappa shape index (κ2) is 5.73. The van der Waals surface area contributed by atoms with Crippen LogP contribution in [0.4, 0.5) is 0 Å². The second-order valence-corrected chi connectivity index (χ2v) is 3.57. The van der Waals surface area contributed by atoms with Crippen LogP contribution in [-0.2, 0) is 0 Å². The first-order valence-electron chi connectivity index (χ1n) is 4.30. The Balaban J connectivity index is 2.60. The van der Waals surface area contributed by atoms with Gasteiger partial charge in [0.2, 0.25) is 0 Å². The van der Waals surface area contributed by atoms with E-state index >= 15 is 0 Å². The number of hydrazone groups is 1. The van der Waals surface area contributed by atoms with Crippen molar-refractivity contribution in [3.05, 3.63) is 34.9 Å². The fourth-order valence-electron chi connectivity index (χ4n) is 0.833. The van der Waals surface area contributed by atoms with Crippen LogP contribution >= 0.6 is 23.8 Å². The van der Waals surface area contributed by atoms with E-state index in [1.807, 2.05) is 31.2 Å². The summed E-state index contributed by atoms with van der Waals surface area (Å²) in [7, 11) is 0. The number of nitrogens with zero attached hydrogens (tertiary/aromatic N) is 1. The van der Waals surface area contributed by atoms with E-state index in [0.717, 1.165) is 12.0 Å². The van der Waals surface area contributed by atoms with Crippen molar-refractivity contribution >= 4 is 35.0 Å². The summed E-state index contributed by atoms with van der Waals surface area (Å²) in [4.78, 5) is 0.716. The summed E-state index contributed by atoms with van der Waals surface area (Å²) < 4.78 is 0. The lowest BCUT2D eigenvalue weighted by atomic mass is 10.2. The summed E-state index contributed by atoms with van der Waals surface area (Å²) in [6, 6.07) is 7.50. The Bertz CT molecular complexity index is 350. The van der Waals surface area contributed by atoms with Crippen molar-refractivity contribution in [3.8, 4) is 0 Å². The van der Waals surface area contributed by atoms with Crippen molar-refractivity contribution in [3.63, 3.8) is 0 Å². The fourth-order valence-corrected chi connectivity index (χ4v) is 1.07. The van der Waals surface area contributed by atoms with E-state index in [1.54, 1.807) is 6.21 Å². The summed E-state index contributed by atoms with van der Waals surface area (Å²) in [5, 5.41) is 4.65. The molecule has 1 aromatic rings. The molecule has 0 bridgehead atoms. The molecule has 74 valence electrons. The van der Waals surface area contributed by atoms with Gasteiger partial charge < -0.3 is 0 Å². The molecule has 1 aromatic carbocycles. The SMILES string of the molecule is CCC(=S)N/N=C/c1ccccc1Cl. The topological polar surface area (TPSA) is 24.4 Å². The van der Waals surface area contributed by atoms with Gasteiger partial charge in [-0.15, -0.1) is 0 Å². The molecule has 0 saturated carbocycles. The minimum Gasteiger partial charge on any atom is -0.272 e. The summed E-state index contributed by atoms with van der Waals surface area (Å²) in [5.41, 5.74) is 3.63. The number of halogens is 1. The first-order valence-corrected chi connectivity index (χ1v) is 5.09. The molecule has 0 amide bonds. The maximum absolute atomic E-state index is 5.92. The van der Waals surface area contributed by atoms with Crippen LogP contribution in [0.5, 0.6) is 0 Å². The third-order valence-electron chi connectivity index (χ3n) is 1.62. The Labute approximate surface area is 94.0 Å². The largest absolute Gasteiger partial charge is 0.272 e. The zero-order valence-corrected chi connectivity index (χ0v) is 9.40. The standard InChI is InChI=1S/C10H11ClN2S/c1-2-10(14)13-12-7-8-5-3-4-6-9(8)11/h3-7H,2H2,1H3,(H,13,14)/b12-7+. The van der Waals surface area contributed by atoms with E-state index in [1.165, 1.54) is 0 Å². The van der Waals surface area contributed by atoms with Crippen molar-refractivity contribution in [2.24, 2.45) is 5.10 Å². The lowest BCUT2D eigenvalue weighted by Gasteiger charge is -1.98. The number of thiocarbonyl (C=S) groups is 1. The molecule has 0 heterocycles. The molecule has 0 atom stereocenters. The molecule has 0 aromatic heterocycles. The lowest BCUT2D eigenvalue weighted by molar-refractivity contribution is 1.01. The second-order valence-electron chi connectivity index (χ2n) is 2.67. The molecule has 0 fully saturated rings. The van der Waals surface area contributed by atoms with Gasteiger partial charge in [-0.3, -0.25) is 5.43 Å². The number of hydrogen-bond acceptors (Lipinski definition) is 2. The van der Waals surface area contributed by atoms with Crippen LogP contribution in [-0.4, -0.2) is 11.2 Å². The zero-order valence-electron chi connectivity index (χ0n) is 7.83. The highest BCUT2D eigenvalue weighted by Gasteiger charge is 1.93. The highest BCUT2D eigenvalue weighted by Crippen LogP contribution is 2.11. The van der Waals surface area contributed by atoms with Gasteiger partial charge in [0.25, 0.3) is 0 Å². The van der Waals surface area contributed by atoms with Crippen LogP contribution in [0.2, 0.25) is 5.02 Å². The van der Waals surface area contributed by atoms with Gasteiger partial charge in [-0.25, -0.2) is 0 Å².